The molecule has 0 saturated heterocycles. The van der Waals surface area contributed by atoms with E-state index in [2.05, 4.69) is 5.32 Å². The Labute approximate surface area is 154 Å². The molecule has 0 unspecified atom stereocenters. The van der Waals surface area contributed by atoms with Gasteiger partial charge in [0.15, 0.2) is 5.78 Å². The Balaban J connectivity index is 1.64. The van der Waals surface area contributed by atoms with Crippen molar-refractivity contribution in [1.82, 2.24) is 0 Å². The van der Waals surface area contributed by atoms with Crippen molar-refractivity contribution in [2.24, 2.45) is 0 Å². The van der Waals surface area contributed by atoms with E-state index < -0.39 is 0 Å². The number of rotatable bonds is 7. The predicted molar refractivity (Wildman–Crippen MR) is 106 cm³/mol. The van der Waals surface area contributed by atoms with E-state index in [4.69, 9.17) is 4.74 Å². The molecule has 0 radical (unpaired) electrons. The minimum absolute atomic E-state index is 0.0199. The molecule has 130 valence electrons. The third-order valence-corrected chi connectivity index (χ3v) is 3.95. The Morgan fingerprint density at radius 1 is 0.885 bits per heavy atom. The van der Waals surface area contributed by atoms with Crippen molar-refractivity contribution >= 4 is 17.0 Å². The topological polar surface area (TPSA) is 38.3 Å². The SMILES string of the molecule is CC(=O)/C(=C\Nc1ccc(OCc2ccccc2)cc1)c1ccccc1. The molecule has 0 aliphatic heterocycles. The van der Waals surface area contributed by atoms with Gasteiger partial charge in [0.05, 0.1) is 0 Å². The van der Waals surface area contributed by atoms with Gasteiger partial charge in [0.25, 0.3) is 0 Å². The molecule has 0 aliphatic carbocycles. The molecular weight excluding hydrogens is 322 g/mol. The Kier molecular flexibility index (Phi) is 5.84. The van der Waals surface area contributed by atoms with Crippen LogP contribution in [0.5, 0.6) is 5.75 Å². The van der Waals surface area contributed by atoms with Gasteiger partial charge in [0, 0.05) is 17.5 Å². The van der Waals surface area contributed by atoms with E-state index in [0.717, 1.165) is 22.6 Å². The van der Waals surface area contributed by atoms with Crippen LogP contribution in [0.25, 0.3) is 5.57 Å². The lowest BCUT2D eigenvalue weighted by atomic mass is 10.0. The molecule has 0 atom stereocenters. The minimum Gasteiger partial charge on any atom is -0.489 e. The van der Waals surface area contributed by atoms with Crippen LogP contribution in [0.15, 0.2) is 91.1 Å². The monoisotopic (exact) mass is 343 g/mol. The lowest BCUT2D eigenvalue weighted by molar-refractivity contribution is -0.111. The van der Waals surface area contributed by atoms with E-state index in [1.807, 2.05) is 84.9 Å². The van der Waals surface area contributed by atoms with Gasteiger partial charge in [-0.3, -0.25) is 4.79 Å². The van der Waals surface area contributed by atoms with Gasteiger partial charge in [-0.1, -0.05) is 60.7 Å². The first-order valence-electron chi connectivity index (χ1n) is 8.52. The number of ketones is 1. The maximum Gasteiger partial charge on any atom is 0.161 e. The molecule has 3 aromatic carbocycles. The Morgan fingerprint density at radius 3 is 2.12 bits per heavy atom. The summed E-state index contributed by atoms with van der Waals surface area (Å²) in [6.45, 7) is 2.11. The van der Waals surface area contributed by atoms with Gasteiger partial charge in [-0.15, -0.1) is 0 Å². The van der Waals surface area contributed by atoms with Crippen molar-refractivity contribution in [1.29, 1.82) is 0 Å². The first-order chi connectivity index (χ1) is 12.7. The standard InChI is InChI=1S/C23H21NO2/c1-18(25)23(20-10-6-3-7-11-20)16-24-21-12-14-22(15-13-21)26-17-19-8-4-2-5-9-19/h2-16,24H,17H2,1H3/b23-16+. The normalized spacial score (nSPS) is 11.0. The molecule has 0 aromatic heterocycles. The van der Waals surface area contributed by atoms with E-state index in [-0.39, 0.29) is 5.78 Å². The van der Waals surface area contributed by atoms with Crippen molar-refractivity contribution in [3.63, 3.8) is 0 Å². The summed E-state index contributed by atoms with van der Waals surface area (Å²) < 4.78 is 5.78. The fraction of sp³-hybridized carbons (Fsp3) is 0.0870. The molecule has 0 bridgehead atoms. The number of hydrogen-bond acceptors (Lipinski definition) is 3. The minimum atomic E-state index is 0.0199. The summed E-state index contributed by atoms with van der Waals surface area (Å²) in [6.07, 6.45) is 1.75. The number of hydrogen-bond donors (Lipinski definition) is 1. The molecule has 0 heterocycles. The summed E-state index contributed by atoms with van der Waals surface area (Å²) >= 11 is 0. The predicted octanol–water partition coefficient (Wildman–Crippen LogP) is 5.31. The Morgan fingerprint density at radius 2 is 1.50 bits per heavy atom. The molecule has 1 N–H and O–H groups in total. The van der Waals surface area contributed by atoms with E-state index >= 15 is 0 Å². The summed E-state index contributed by atoms with van der Waals surface area (Å²) in [4.78, 5) is 11.9. The first-order valence-corrected chi connectivity index (χ1v) is 8.52. The van der Waals surface area contributed by atoms with Gasteiger partial charge in [0.2, 0.25) is 0 Å². The van der Waals surface area contributed by atoms with E-state index in [9.17, 15) is 4.79 Å². The fourth-order valence-corrected chi connectivity index (χ4v) is 2.55. The van der Waals surface area contributed by atoms with Gasteiger partial charge in [0.1, 0.15) is 12.4 Å². The van der Waals surface area contributed by atoms with E-state index in [0.29, 0.717) is 12.2 Å². The average Bonchev–Trinajstić information content (AvgIpc) is 2.69. The van der Waals surface area contributed by atoms with Crippen LogP contribution >= 0.6 is 0 Å². The zero-order chi connectivity index (χ0) is 18.2. The summed E-state index contributed by atoms with van der Waals surface area (Å²) in [5.41, 5.74) is 3.57. The number of ether oxygens (including phenoxy) is 1. The third kappa shape index (κ3) is 4.84. The molecule has 0 fully saturated rings. The summed E-state index contributed by atoms with van der Waals surface area (Å²) in [6, 6.07) is 27.4. The molecule has 0 aliphatic rings. The number of Topliss-reactive ketones (excluding diaryl/α,β-unsaturated/α-hetero) is 1. The molecule has 3 rings (SSSR count). The highest BCUT2D eigenvalue weighted by Crippen LogP contribution is 2.19. The van der Waals surface area contributed by atoms with Gasteiger partial charge < -0.3 is 10.1 Å². The molecular formula is C23H21NO2. The van der Waals surface area contributed by atoms with Gasteiger partial charge >= 0.3 is 0 Å². The number of nitrogens with one attached hydrogen (secondary N) is 1. The smallest absolute Gasteiger partial charge is 0.161 e. The van der Waals surface area contributed by atoms with Crippen LogP contribution in [0.2, 0.25) is 0 Å². The zero-order valence-electron chi connectivity index (χ0n) is 14.7. The highest BCUT2D eigenvalue weighted by molar-refractivity contribution is 6.19. The highest BCUT2D eigenvalue weighted by atomic mass is 16.5. The maximum absolute atomic E-state index is 11.9. The van der Waals surface area contributed by atoms with Gasteiger partial charge in [-0.05, 0) is 42.3 Å². The quantitative estimate of drug-likeness (QED) is 0.591. The number of benzene rings is 3. The van der Waals surface area contributed by atoms with E-state index in [1.54, 1.807) is 13.1 Å². The number of carbonyl (C=O) groups is 1. The number of allylic oxidation sites excluding steroid dienone is 1. The number of carbonyl (C=O) groups excluding carboxylic acids is 1. The third-order valence-electron chi connectivity index (χ3n) is 3.95. The van der Waals surface area contributed by atoms with Crippen LogP contribution in [0.1, 0.15) is 18.1 Å². The van der Waals surface area contributed by atoms with Crippen molar-refractivity contribution in [2.45, 2.75) is 13.5 Å². The van der Waals surface area contributed by atoms with Crippen molar-refractivity contribution in [2.75, 3.05) is 5.32 Å². The summed E-state index contributed by atoms with van der Waals surface area (Å²) in [7, 11) is 0. The second-order valence-corrected chi connectivity index (χ2v) is 5.92. The van der Waals surface area contributed by atoms with Crippen LogP contribution in [-0.2, 0) is 11.4 Å². The Bertz CT molecular complexity index is 869. The van der Waals surface area contributed by atoms with Gasteiger partial charge in [-0.2, -0.15) is 0 Å². The van der Waals surface area contributed by atoms with Crippen LogP contribution in [-0.4, -0.2) is 5.78 Å². The van der Waals surface area contributed by atoms with E-state index in [1.165, 1.54) is 0 Å². The fourth-order valence-electron chi connectivity index (χ4n) is 2.55. The summed E-state index contributed by atoms with van der Waals surface area (Å²) in [5, 5.41) is 3.19. The second-order valence-electron chi connectivity index (χ2n) is 5.92. The lowest BCUT2D eigenvalue weighted by Gasteiger charge is -2.09. The first kappa shape index (κ1) is 17.5. The molecule has 0 spiro atoms. The molecule has 26 heavy (non-hydrogen) atoms. The second kappa shape index (κ2) is 8.67. The van der Waals surface area contributed by atoms with Crippen LogP contribution < -0.4 is 10.1 Å². The maximum atomic E-state index is 11.9. The van der Waals surface area contributed by atoms with Crippen LogP contribution in [0, 0.1) is 0 Å². The van der Waals surface area contributed by atoms with Crippen LogP contribution in [0.3, 0.4) is 0 Å². The average molecular weight is 343 g/mol. The van der Waals surface area contributed by atoms with Crippen molar-refractivity contribution < 1.29 is 9.53 Å². The Hall–Kier alpha value is -3.33. The molecule has 0 saturated carbocycles. The number of anilines is 1. The molecule has 3 aromatic rings. The molecule has 3 heteroatoms. The highest BCUT2D eigenvalue weighted by Gasteiger charge is 2.06. The van der Waals surface area contributed by atoms with Crippen molar-refractivity contribution in [3.8, 4) is 5.75 Å². The van der Waals surface area contributed by atoms with Crippen molar-refractivity contribution in [3.05, 3.63) is 102 Å². The zero-order valence-corrected chi connectivity index (χ0v) is 14.7. The van der Waals surface area contributed by atoms with Gasteiger partial charge in [-0.25, -0.2) is 0 Å². The summed E-state index contributed by atoms with van der Waals surface area (Å²) in [5.74, 6) is 0.824. The largest absolute Gasteiger partial charge is 0.489 e. The molecule has 3 nitrogen and oxygen atoms in total. The lowest BCUT2D eigenvalue weighted by Crippen LogP contribution is -2.00. The van der Waals surface area contributed by atoms with Crippen LogP contribution in [0.4, 0.5) is 5.69 Å². The molecule has 0 amide bonds.